The highest BCUT2D eigenvalue weighted by atomic mass is 19.1. The fourth-order valence-corrected chi connectivity index (χ4v) is 5.28. The molecule has 5 rings (SSSR count). The lowest BCUT2D eigenvalue weighted by Crippen LogP contribution is -2.42. The van der Waals surface area contributed by atoms with Crippen LogP contribution in [0.25, 0.3) is 16.9 Å². The van der Waals surface area contributed by atoms with E-state index in [1.54, 1.807) is 99.6 Å². The number of carbonyl (C=O) groups excluding carboxylic acids is 2. The van der Waals surface area contributed by atoms with Crippen LogP contribution < -0.4 is 10.6 Å². The molecule has 2 atom stereocenters. The fraction of sp³-hybridized carbons (Fsp3) is 0.231. The number of carboxylic acids is 1. The summed E-state index contributed by atoms with van der Waals surface area (Å²) in [4.78, 5) is 42.9. The van der Waals surface area contributed by atoms with E-state index in [9.17, 15) is 24.6 Å². The van der Waals surface area contributed by atoms with E-state index in [0.29, 0.717) is 34.7 Å². The van der Waals surface area contributed by atoms with Gasteiger partial charge in [-0.25, -0.2) is 14.0 Å². The number of hydrogen-bond acceptors (Lipinski definition) is 7. The molecular weight excluding hydrogens is 641 g/mol. The van der Waals surface area contributed by atoms with Gasteiger partial charge in [0.2, 0.25) is 0 Å². The minimum absolute atomic E-state index is 0.142. The SMILES string of the molecule is CC1CC=C(c2ccc(NC(=O)OC(C)(C)C)cc2)ON=C1c1ccc(CC(NC(=O)c2ccc(-c3ccc(O)cc3)cc2)C(=O)O)cc1F. The van der Waals surface area contributed by atoms with Crippen LogP contribution in [0.5, 0.6) is 5.75 Å². The third kappa shape index (κ3) is 9.13. The molecule has 0 saturated carbocycles. The summed E-state index contributed by atoms with van der Waals surface area (Å²) in [5.74, 6) is -2.02. The highest BCUT2D eigenvalue weighted by Gasteiger charge is 2.25. The number of anilines is 1. The lowest BCUT2D eigenvalue weighted by molar-refractivity contribution is -0.139. The second-order valence-corrected chi connectivity index (χ2v) is 13.0. The number of hydrogen-bond donors (Lipinski definition) is 4. The van der Waals surface area contributed by atoms with Gasteiger partial charge in [0.1, 0.15) is 23.2 Å². The van der Waals surface area contributed by atoms with Gasteiger partial charge in [-0.2, -0.15) is 0 Å². The Labute approximate surface area is 289 Å². The zero-order valence-corrected chi connectivity index (χ0v) is 28.1. The van der Waals surface area contributed by atoms with Crippen molar-refractivity contribution in [1.29, 1.82) is 0 Å². The molecule has 2 amide bonds. The van der Waals surface area contributed by atoms with Crippen molar-refractivity contribution >= 4 is 35.1 Å². The molecule has 1 aliphatic heterocycles. The van der Waals surface area contributed by atoms with Crippen LogP contribution in [0, 0.1) is 11.7 Å². The van der Waals surface area contributed by atoms with Crippen molar-refractivity contribution in [3.63, 3.8) is 0 Å². The average Bonchev–Trinajstić information content (AvgIpc) is 3.25. The Hall–Kier alpha value is -5.97. The number of aliphatic carboxylic acids is 1. The fourth-order valence-electron chi connectivity index (χ4n) is 5.28. The van der Waals surface area contributed by atoms with Gasteiger partial charge in [-0.1, -0.05) is 42.4 Å². The van der Waals surface area contributed by atoms with Crippen LogP contribution in [0.15, 0.2) is 102 Å². The molecule has 0 radical (unpaired) electrons. The van der Waals surface area contributed by atoms with E-state index in [1.165, 1.54) is 12.1 Å². The molecule has 0 bridgehead atoms. The van der Waals surface area contributed by atoms with Gasteiger partial charge in [-0.15, -0.1) is 0 Å². The number of amides is 2. The lowest BCUT2D eigenvalue weighted by Gasteiger charge is -2.19. The van der Waals surface area contributed by atoms with Crippen molar-refractivity contribution in [3.05, 3.63) is 125 Å². The molecule has 4 aromatic rings. The second kappa shape index (κ2) is 15.1. The van der Waals surface area contributed by atoms with E-state index in [0.717, 1.165) is 11.1 Å². The zero-order chi connectivity index (χ0) is 36.0. The van der Waals surface area contributed by atoms with Crippen LogP contribution in [0.3, 0.4) is 0 Å². The number of ether oxygens (including phenoxy) is 1. The van der Waals surface area contributed by atoms with Gasteiger partial charge in [0.25, 0.3) is 5.91 Å². The quantitative estimate of drug-likeness (QED) is 0.141. The maximum atomic E-state index is 15.5. The first kappa shape index (κ1) is 35.3. The Kier molecular flexibility index (Phi) is 10.6. The third-order valence-corrected chi connectivity index (χ3v) is 7.88. The summed E-state index contributed by atoms with van der Waals surface area (Å²) in [5.41, 5.74) is 3.55. The molecule has 50 heavy (non-hydrogen) atoms. The Morgan fingerprint density at radius 1 is 0.940 bits per heavy atom. The first-order valence-corrected chi connectivity index (χ1v) is 16.0. The largest absolute Gasteiger partial charge is 0.508 e. The number of oxime groups is 1. The standard InChI is InChI=1S/C39H38FN3O7/c1-23-5-20-34(27-11-15-29(16-12-27)41-38(48)49-39(2,3)4)50-43-35(23)31-19-6-24(21-32(31)40)22-33(37(46)47)42-36(45)28-9-7-25(8-10-28)26-13-17-30(44)18-14-26/h6-21,23,33,44H,5,22H2,1-4H3,(H,41,48)(H,42,45)(H,46,47). The summed E-state index contributed by atoms with van der Waals surface area (Å²) in [6, 6.07) is 23.3. The number of nitrogens with zero attached hydrogens (tertiary/aromatic N) is 1. The first-order chi connectivity index (χ1) is 23.8. The molecule has 0 spiro atoms. The summed E-state index contributed by atoms with van der Waals surface area (Å²) >= 11 is 0. The number of rotatable bonds is 9. The van der Waals surface area contributed by atoms with Crippen molar-refractivity contribution in [2.45, 2.75) is 52.2 Å². The van der Waals surface area contributed by atoms with E-state index < -0.39 is 35.4 Å². The van der Waals surface area contributed by atoms with Crippen LogP contribution in [-0.4, -0.2) is 45.5 Å². The predicted molar refractivity (Wildman–Crippen MR) is 188 cm³/mol. The van der Waals surface area contributed by atoms with Gasteiger partial charge in [0, 0.05) is 34.7 Å². The van der Waals surface area contributed by atoms with Crippen molar-refractivity contribution in [2.24, 2.45) is 11.1 Å². The van der Waals surface area contributed by atoms with Gasteiger partial charge < -0.3 is 25.1 Å². The Morgan fingerprint density at radius 2 is 1.56 bits per heavy atom. The van der Waals surface area contributed by atoms with E-state index >= 15 is 4.39 Å². The van der Waals surface area contributed by atoms with Gasteiger partial charge in [-0.3, -0.25) is 10.1 Å². The Morgan fingerprint density at radius 3 is 2.16 bits per heavy atom. The summed E-state index contributed by atoms with van der Waals surface area (Å²) in [6.07, 6.45) is 1.66. The highest BCUT2D eigenvalue weighted by Crippen LogP contribution is 2.28. The highest BCUT2D eigenvalue weighted by molar-refractivity contribution is 6.02. The van der Waals surface area contributed by atoms with Crippen molar-refractivity contribution in [3.8, 4) is 16.9 Å². The summed E-state index contributed by atoms with van der Waals surface area (Å²) in [6.45, 7) is 7.24. The average molecular weight is 680 g/mol. The molecule has 4 aromatic carbocycles. The number of carbonyl (C=O) groups is 3. The van der Waals surface area contributed by atoms with Gasteiger partial charge in [0.05, 0.1) is 5.71 Å². The number of phenolic OH excluding ortho intramolecular Hbond substituents is 1. The number of benzene rings is 4. The van der Waals surface area contributed by atoms with Crippen LogP contribution in [0.2, 0.25) is 0 Å². The molecule has 0 saturated heterocycles. The molecule has 1 heterocycles. The molecule has 0 aliphatic carbocycles. The minimum Gasteiger partial charge on any atom is -0.508 e. The molecule has 4 N–H and O–H groups in total. The van der Waals surface area contributed by atoms with Gasteiger partial charge >= 0.3 is 12.1 Å². The number of allylic oxidation sites excluding steroid dienone is 1. The van der Waals surface area contributed by atoms with Crippen LogP contribution in [-0.2, 0) is 20.8 Å². The number of halogens is 1. The smallest absolute Gasteiger partial charge is 0.412 e. The van der Waals surface area contributed by atoms with E-state index in [1.807, 2.05) is 13.0 Å². The molecule has 10 nitrogen and oxygen atoms in total. The number of carboxylic acid groups (broad SMARTS) is 1. The zero-order valence-electron chi connectivity index (χ0n) is 28.1. The molecule has 258 valence electrons. The van der Waals surface area contributed by atoms with Gasteiger partial charge in [0.15, 0.2) is 5.76 Å². The lowest BCUT2D eigenvalue weighted by atomic mass is 9.93. The van der Waals surface area contributed by atoms with Crippen LogP contribution in [0.1, 0.15) is 61.2 Å². The topological polar surface area (TPSA) is 147 Å². The van der Waals surface area contributed by atoms with E-state index in [-0.39, 0.29) is 29.2 Å². The maximum absolute atomic E-state index is 15.5. The van der Waals surface area contributed by atoms with Crippen LogP contribution in [0.4, 0.5) is 14.9 Å². The monoisotopic (exact) mass is 679 g/mol. The molecule has 2 unspecified atom stereocenters. The van der Waals surface area contributed by atoms with Crippen molar-refractivity contribution in [2.75, 3.05) is 5.32 Å². The van der Waals surface area contributed by atoms with E-state index in [2.05, 4.69) is 15.8 Å². The van der Waals surface area contributed by atoms with E-state index in [4.69, 9.17) is 9.57 Å². The second-order valence-electron chi connectivity index (χ2n) is 13.0. The van der Waals surface area contributed by atoms with Crippen molar-refractivity contribution < 1.29 is 38.6 Å². The minimum atomic E-state index is -1.31. The predicted octanol–water partition coefficient (Wildman–Crippen LogP) is 7.77. The number of nitrogens with one attached hydrogen (secondary N) is 2. The third-order valence-electron chi connectivity index (χ3n) is 7.88. The molecule has 11 heteroatoms. The normalized spacial score (nSPS) is 15.0. The first-order valence-electron chi connectivity index (χ1n) is 16.0. The maximum Gasteiger partial charge on any atom is 0.412 e. The van der Waals surface area contributed by atoms with Crippen molar-refractivity contribution in [1.82, 2.24) is 5.32 Å². The Balaban J connectivity index is 1.23. The summed E-state index contributed by atoms with van der Waals surface area (Å²) < 4.78 is 20.8. The summed E-state index contributed by atoms with van der Waals surface area (Å²) in [7, 11) is 0. The summed E-state index contributed by atoms with van der Waals surface area (Å²) in [5, 5.41) is 28.9. The number of aromatic hydroxyl groups is 1. The molecular formula is C39H38FN3O7. The van der Waals surface area contributed by atoms with Gasteiger partial charge in [-0.05, 0) is 111 Å². The number of phenols is 1. The Bertz CT molecular complexity index is 1930. The molecule has 1 aliphatic rings. The molecule has 0 fully saturated rings. The molecule has 0 aromatic heterocycles. The van der Waals surface area contributed by atoms with Crippen LogP contribution >= 0.6 is 0 Å².